The summed E-state index contributed by atoms with van der Waals surface area (Å²) >= 11 is 0. The summed E-state index contributed by atoms with van der Waals surface area (Å²) in [6, 6.07) is -3.17. The fourth-order valence-electron chi connectivity index (χ4n) is 5.70. The highest BCUT2D eigenvalue weighted by Gasteiger charge is 2.51. The highest BCUT2D eigenvalue weighted by molar-refractivity contribution is 5.81. The van der Waals surface area contributed by atoms with Crippen molar-refractivity contribution in [3.8, 4) is 0 Å². The van der Waals surface area contributed by atoms with Crippen LogP contribution in [0.4, 0.5) is 0 Å². The maximum atomic E-state index is 12.6. The highest BCUT2D eigenvalue weighted by atomic mass is 16.7. The summed E-state index contributed by atoms with van der Waals surface area (Å²) in [4.78, 5) is 12.6. The molecule has 13 atom stereocenters. The molecule has 17 nitrogen and oxygen atoms in total. The van der Waals surface area contributed by atoms with Gasteiger partial charge < -0.3 is 83.4 Å². The summed E-state index contributed by atoms with van der Waals surface area (Å²) in [6.07, 6.45) is -5.81. The minimum atomic E-state index is -1.50. The van der Waals surface area contributed by atoms with Crippen molar-refractivity contribution in [1.29, 1.82) is 0 Å². The average molecular weight is 636 g/mol. The van der Waals surface area contributed by atoms with Gasteiger partial charge in [-0.15, -0.1) is 0 Å². The molecule has 17 heteroatoms. The van der Waals surface area contributed by atoms with Crippen LogP contribution in [0.25, 0.3) is 0 Å². The predicted octanol–water partition coefficient (Wildman–Crippen LogP) is -5.64. The van der Waals surface area contributed by atoms with Crippen molar-refractivity contribution in [2.75, 3.05) is 39.8 Å². The fourth-order valence-corrected chi connectivity index (χ4v) is 5.70. The van der Waals surface area contributed by atoms with Crippen LogP contribution in [0.5, 0.6) is 0 Å². The molecule has 0 aromatic heterocycles. The van der Waals surface area contributed by atoms with Crippen LogP contribution < -0.4 is 38.9 Å². The molecule has 0 aromatic rings. The second-order valence-corrected chi connectivity index (χ2v) is 12.0. The molecule has 44 heavy (non-hydrogen) atoms. The lowest BCUT2D eigenvalue weighted by molar-refractivity contribution is -0.304. The number of nitrogens with one attached hydrogen (secondary N) is 3. The Morgan fingerprint density at radius 2 is 1.82 bits per heavy atom. The molecule has 2 heterocycles. The smallest absolute Gasteiger partial charge is 0.250 e. The number of aliphatic hydroxyl groups is 5. The highest BCUT2D eigenvalue weighted by Crippen LogP contribution is 2.32. The standard InChI is InChI=1S/C27H53N7O10/c1-27(40)12-41-26(20(38)23(27)32-2)44-22-17(34-24(39)18(36)10-29)8-16(31)21(19(22)37)43-25-15(30)6-5-14(42-25)11-33-7-3-4-13(35)9-28/h5,13,15-23,25-26,32-33,35-38,40H,3-4,6-12,28-31H2,1-2H3,(H,34,39)/t13?,15-,16+,17-,18+,19+,20-,21-,22+,23-,25-,26-,27+/m1/s1. The van der Waals surface area contributed by atoms with E-state index in [-0.39, 0.29) is 26.1 Å². The Labute approximate surface area is 257 Å². The summed E-state index contributed by atoms with van der Waals surface area (Å²) in [5, 5.41) is 61.4. The van der Waals surface area contributed by atoms with Gasteiger partial charge in [0.1, 0.15) is 41.9 Å². The molecule has 2 fully saturated rings. The molecule has 1 saturated heterocycles. The van der Waals surface area contributed by atoms with E-state index in [1.165, 1.54) is 6.92 Å². The summed E-state index contributed by atoms with van der Waals surface area (Å²) in [5.74, 6) is -0.198. The van der Waals surface area contributed by atoms with Gasteiger partial charge in [0.2, 0.25) is 12.2 Å². The number of rotatable bonds is 15. The molecule has 3 rings (SSSR count). The molecule has 0 radical (unpaired) electrons. The van der Waals surface area contributed by atoms with Crippen LogP contribution in [-0.2, 0) is 23.7 Å². The van der Waals surface area contributed by atoms with Gasteiger partial charge in [0.15, 0.2) is 6.29 Å². The van der Waals surface area contributed by atoms with Gasteiger partial charge in [0.25, 0.3) is 0 Å². The molecule has 1 unspecified atom stereocenters. The number of nitrogens with two attached hydrogens (primary N) is 4. The van der Waals surface area contributed by atoms with Crippen LogP contribution in [0.2, 0.25) is 0 Å². The second-order valence-electron chi connectivity index (χ2n) is 12.0. The monoisotopic (exact) mass is 635 g/mol. The van der Waals surface area contributed by atoms with E-state index in [2.05, 4.69) is 16.0 Å². The maximum absolute atomic E-state index is 12.6. The third kappa shape index (κ3) is 9.49. The van der Waals surface area contributed by atoms with Gasteiger partial charge in [-0.25, -0.2) is 0 Å². The summed E-state index contributed by atoms with van der Waals surface area (Å²) < 4.78 is 23.8. The Kier molecular flexibility index (Phi) is 14.1. The molecule has 256 valence electrons. The zero-order valence-electron chi connectivity index (χ0n) is 25.5. The van der Waals surface area contributed by atoms with E-state index in [0.717, 1.165) is 6.42 Å². The molecule has 1 aliphatic carbocycles. The van der Waals surface area contributed by atoms with Crippen molar-refractivity contribution in [3.05, 3.63) is 11.8 Å². The van der Waals surface area contributed by atoms with Gasteiger partial charge in [0.05, 0.1) is 37.4 Å². The average Bonchev–Trinajstić information content (AvgIpc) is 2.98. The lowest BCUT2D eigenvalue weighted by Crippen LogP contribution is -2.69. The summed E-state index contributed by atoms with van der Waals surface area (Å²) in [5.41, 5.74) is 22.2. The van der Waals surface area contributed by atoms with Crippen molar-refractivity contribution < 1.29 is 49.3 Å². The van der Waals surface area contributed by atoms with Crippen LogP contribution >= 0.6 is 0 Å². The normalized spacial score (nSPS) is 39.2. The number of hydrogen-bond acceptors (Lipinski definition) is 16. The lowest BCUT2D eigenvalue weighted by atomic mass is 9.83. The van der Waals surface area contributed by atoms with E-state index in [9.17, 15) is 30.3 Å². The van der Waals surface area contributed by atoms with Crippen molar-refractivity contribution in [2.24, 2.45) is 22.9 Å². The van der Waals surface area contributed by atoms with E-state index < -0.39 is 84.9 Å². The van der Waals surface area contributed by atoms with Crippen LogP contribution in [0, 0.1) is 0 Å². The maximum Gasteiger partial charge on any atom is 0.250 e. The molecular formula is C27H53N7O10. The van der Waals surface area contributed by atoms with E-state index in [1.54, 1.807) is 7.05 Å². The minimum Gasteiger partial charge on any atom is -0.467 e. The van der Waals surface area contributed by atoms with E-state index in [0.29, 0.717) is 31.7 Å². The Morgan fingerprint density at radius 3 is 2.48 bits per heavy atom. The number of hydrogen-bond donors (Lipinski definition) is 12. The molecule has 0 spiro atoms. The van der Waals surface area contributed by atoms with Crippen molar-refractivity contribution in [3.63, 3.8) is 0 Å². The van der Waals surface area contributed by atoms with E-state index in [4.69, 9.17) is 41.9 Å². The summed E-state index contributed by atoms with van der Waals surface area (Å²) in [6.45, 7) is 2.22. The molecule has 16 N–H and O–H groups in total. The van der Waals surface area contributed by atoms with Crippen LogP contribution in [0.15, 0.2) is 11.8 Å². The minimum absolute atomic E-state index is 0.0479. The van der Waals surface area contributed by atoms with Gasteiger partial charge in [0, 0.05) is 19.1 Å². The molecular weight excluding hydrogens is 582 g/mol. The number of carbonyl (C=O) groups excluding carboxylic acids is 1. The first-order valence-corrected chi connectivity index (χ1v) is 15.1. The third-order valence-electron chi connectivity index (χ3n) is 8.29. The Morgan fingerprint density at radius 1 is 1.11 bits per heavy atom. The number of likely N-dealkylation sites (N-methyl/N-ethyl adjacent to an activating group) is 1. The van der Waals surface area contributed by atoms with Crippen LogP contribution in [-0.4, -0.2) is 150 Å². The number of amides is 1. The van der Waals surface area contributed by atoms with Crippen LogP contribution in [0.1, 0.15) is 32.6 Å². The first-order chi connectivity index (χ1) is 20.8. The van der Waals surface area contributed by atoms with Crippen molar-refractivity contribution >= 4 is 5.91 Å². The van der Waals surface area contributed by atoms with Gasteiger partial charge >= 0.3 is 0 Å². The largest absolute Gasteiger partial charge is 0.467 e. The van der Waals surface area contributed by atoms with Gasteiger partial charge in [-0.1, -0.05) is 0 Å². The third-order valence-corrected chi connectivity index (χ3v) is 8.29. The topological polar surface area (TPSA) is 295 Å². The SMILES string of the molecule is CN[C@@H]1[C@@H](O)[C@@H](O[C@@H]2[C@@H](O)[C@H](O[C@H]3OC(CNCCCC(O)CN)=CC[C@H]3N)[C@@H](N)C[C@H]2NC(=O)[C@@H](O)CN)OC[C@]1(C)O. The Hall–Kier alpha value is -1.55. The predicted molar refractivity (Wildman–Crippen MR) is 157 cm³/mol. The van der Waals surface area contributed by atoms with Gasteiger partial charge in [-0.05, 0) is 52.3 Å². The van der Waals surface area contributed by atoms with Crippen molar-refractivity contribution in [1.82, 2.24) is 16.0 Å². The van der Waals surface area contributed by atoms with Crippen LogP contribution in [0.3, 0.4) is 0 Å². The molecule has 0 bridgehead atoms. The number of carbonyl (C=O) groups is 1. The first kappa shape index (κ1) is 36.9. The van der Waals surface area contributed by atoms with Gasteiger partial charge in [-0.2, -0.15) is 0 Å². The number of aliphatic hydroxyl groups excluding tert-OH is 4. The fraction of sp³-hybridized carbons (Fsp3) is 0.889. The molecule has 0 aromatic carbocycles. The number of ether oxygens (including phenoxy) is 4. The Bertz CT molecular complexity index is 933. The lowest BCUT2D eigenvalue weighted by Gasteiger charge is -2.48. The Balaban J connectivity index is 1.71. The zero-order chi connectivity index (χ0) is 32.6. The van der Waals surface area contributed by atoms with E-state index >= 15 is 0 Å². The quantitative estimate of drug-likeness (QED) is 0.0746. The van der Waals surface area contributed by atoms with Gasteiger partial charge in [-0.3, -0.25) is 4.79 Å². The summed E-state index contributed by atoms with van der Waals surface area (Å²) in [7, 11) is 1.57. The van der Waals surface area contributed by atoms with Crippen molar-refractivity contribution in [2.45, 2.75) is 112 Å². The zero-order valence-corrected chi connectivity index (χ0v) is 25.5. The first-order valence-electron chi connectivity index (χ1n) is 15.1. The molecule has 2 aliphatic heterocycles. The molecule has 1 amide bonds. The molecule has 1 saturated carbocycles. The second kappa shape index (κ2) is 16.8. The molecule has 3 aliphatic rings. The van der Waals surface area contributed by atoms with E-state index in [1.807, 2.05) is 6.08 Å².